The smallest absolute Gasteiger partial charge is 0.226 e. The molecule has 1 aromatic heterocycles. The number of carbonyl (C=O) groups excluding carboxylic acids is 1. The number of amides is 1. The summed E-state index contributed by atoms with van der Waals surface area (Å²) in [6.07, 6.45) is 3.23. The van der Waals surface area contributed by atoms with Crippen LogP contribution in [0.5, 0.6) is 0 Å². The van der Waals surface area contributed by atoms with Gasteiger partial charge >= 0.3 is 0 Å². The van der Waals surface area contributed by atoms with Crippen LogP contribution in [0.2, 0.25) is 0 Å². The molecule has 0 saturated carbocycles. The quantitative estimate of drug-likeness (QED) is 0.881. The maximum absolute atomic E-state index is 12.0. The highest BCUT2D eigenvalue weighted by Gasteiger charge is 2.22. The van der Waals surface area contributed by atoms with Crippen molar-refractivity contribution in [2.45, 2.75) is 33.2 Å². The fourth-order valence-corrected chi connectivity index (χ4v) is 3.37. The van der Waals surface area contributed by atoms with Crippen molar-refractivity contribution < 1.29 is 4.79 Å². The predicted molar refractivity (Wildman–Crippen MR) is 100 cm³/mol. The molecule has 0 radical (unpaired) electrons. The summed E-state index contributed by atoms with van der Waals surface area (Å²) in [7, 11) is 0. The van der Waals surface area contributed by atoms with Crippen LogP contribution in [0.25, 0.3) is 0 Å². The Kier molecular flexibility index (Phi) is 5.82. The number of benzene rings is 1. The van der Waals surface area contributed by atoms with Gasteiger partial charge in [-0.2, -0.15) is 0 Å². The molecule has 25 heavy (non-hydrogen) atoms. The van der Waals surface area contributed by atoms with E-state index in [2.05, 4.69) is 47.2 Å². The number of nitrogens with zero attached hydrogens (tertiary/aromatic N) is 2. The number of pyridine rings is 1. The van der Waals surface area contributed by atoms with Gasteiger partial charge in [0.15, 0.2) is 0 Å². The number of rotatable bonds is 6. The predicted octanol–water partition coefficient (Wildman–Crippen LogP) is 2.88. The molecule has 1 aromatic carbocycles. The molecule has 0 bridgehead atoms. The van der Waals surface area contributed by atoms with E-state index in [4.69, 9.17) is 0 Å². The standard InChI is InChI=1S/C21H27N3O/c1-16-6-7-18(11-17(16)2)14-24-10-8-19(15-24)13-23-21(25)12-20-5-3-4-9-22-20/h3-7,9,11,19H,8,10,12-15H2,1-2H3,(H,23,25)/t19-/m1/s1. The van der Waals surface area contributed by atoms with Crippen LogP contribution in [0.15, 0.2) is 42.6 Å². The Morgan fingerprint density at radius 1 is 1.24 bits per heavy atom. The number of hydrogen-bond donors (Lipinski definition) is 1. The molecule has 1 aliphatic rings. The first-order valence-corrected chi connectivity index (χ1v) is 9.05. The van der Waals surface area contributed by atoms with Crippen molar-refractivity contribution in [3.8, 4) is 0 Å². The average Bonchev–Trinajstić information content (AvgIpc) is 3.05. The summed E-state index contributed by atoms with van der Waals surface area (Å²) in [6.45, 7) is 8.24. The molecular formula is C21H27N3O. The second-order valence-corrected chi connectivity index (χ2v) is 7.11. The molecule has 0 spiro atoms. The van der Waals surface area contributed by atoms with Gasteiger partial charge in [-0.05, 0) is 61.6 Å². The van der Waals surface area contributed by atoms with Gasteiger partial charge in [0.1, 0.15) is 0 Å². The minimum Gasteiger partial charge on any atom is -0.355 e. The molecule has 3 rings (SSSR count). The molecular weight excluding hydrogens is 310 g/mol. The summed E-state index contributed by atoms with van der Waals surface area (Å²) in [6, 6.07) is 12.4. The minimum atomic E-state index is 0.0614. The largest absolute Gasteiger partial charge is 0.355 e. The van der Waals surface area contributed by atoms with E-state index in [0.717, 1.165) is 38.3 Å². The van der Waals surface area contributed by atoms with Gasteiger partial charge in [-0.3, -0.25) is 14.7 Å². The highest BCUT2D eigenvalue weighted by atomic mass is 16.1. The van der Waals surface area contributed by atoms with Crippen LogP contribution in [0.4, 0.5) is 0 Å². The molecule has 1 amide bonds. The van der Waals surface area contributed by atoms with Crippen molar-refractivity contribution in [2.75, 3.05) is 19.6 Å². The van der Waals surface area contributed by atoms with Crippen molar-refractivity contribution in [1.82, 2.24) is 15.2 Å². The van der Waals surface area contributed by atoms with Crippen LogP contribution in [0.3, 0.4) is 0 Å². The number of aromatic nitrogens is 1. The van der Waals surface area contributed by atoms with Crippen molar-refractivity contribution >= 4 is 5.91 Å². The van der Waals surface area contributed by atoms with Crippen LogP contribution in [0.1, 0.15) is 28.8 Å². The van der Waals surface area contributed by atoms with E-state index < -0.39 is 0 Å². The van der Waals surface area contributed by atoms with E-state index in [1.165, 1.54) is 16.7 Å². The van der Waals surface area contributed by atoms with Gasteiger partial charge in [0.2, 0.25) is 5.91 Å². The van der Waals surface area contributed by atoms with Crippen LogP contribution in [-0.2, 0) is 17.8 Å². The first-order valence-electron chi connectivity index (χ1n) is 9.05. The normalized spacial score (nSPS) is 17.6. The molecule has 4 heteroatoms. The Labute approximate surface area is 150 Å². The van der Waals surface area contributed by atoms with Gasteiger partial charge in [0.25, 0.3) is 0 Å². The summed E-state index contributed by atoms with van der Waals surface area (Å²) in [5, 5.41) is 3.07. The zero-order valence-electron chi connectivity index (χ0n) is 15.2. The third kappa shape index (κ3) is 5.13. The van der Waals surface area contributed by atoms with Crippen LogP contribution >= 0.6 is 0 Å². The lowest BCUT2D eigenvalue weighted by molar-refractivity contribution is -0.120. The molecule has 1 N–H and O–H groups in total. The SMILES string of the molecule is Cc1ccc(CN2CC[C@H](CNC(=O)Cc3ccccn3)C2)cc1C. The highest BCUT2D eigenvalue weighted by molar-refractivity contribution is 5.78. The molecule has 1 saturated heterocycles. The number of carbonyl (C=O) groups is 1. The van der Waals surface area contributed by atoms with Crippen molar-refractivity contribution in [1.29, 1.82) is 0 Å². The Bertz CT molecular complexity index is 714. The van der Waals surface area contributed by atoms with E-state index in [0.29, 0.717) is 12.3 Å². The molecule has 132 valence electrons. The van der Waals surface area contributed by atoms with E-state index in [1.54, 1.807) is 6.20 Å². The molecule has 1 atom stereocenters. The molecule has 2 aromatic rings. The summed E-state index contributed by atoms with van der Waals surface area (Å²) in [4.78, 5) is 18.7. The minimum absolute atomic E-state index is 0.0614. The van der Waals surface area contributed by atoms with Gasteiger partial charge in [-0.25, -0.2) is 0 Å². The van der Waals surface area contributed by atoms with Gasteiger partial charge in [-0.1, -0.05) is 24.3 Å². The molecule has 1 aliphatic heterocycles. The summed E-state index contributed by atoms with van der Waals surface area (Å²) in [5.41, 5.74) is 4.90. The Morgan fingerprint density at radius 2 is 2.12 bits per heavy atom. The van der Waals surface area contributed by atoms with Gasteiger partial charge < -0.3 is 5.32 Å². The number of hydrogen-bond acceptors (Lipinski definition) is 3. The topological polar surface area (TPSA) is 45.2 Å². The second-order valence-electron chi connectivity index (χ2n) is 7.11. The number of likely N-dealkylation sites (tertiary alicyclic amines) is 1. The van der Waals surface area contributed by atoms with Crippen LogP contribution in [0, 0.1) is 19.8 Å². The fraction of sp³-hybridized carbons (Fsp3) is 0.429. The van der Waals surface area contributed by atoms with Crippen LogP contribution in [-0.4, -0.2) is 35.4 Å². The van der Waals surface area contributed by atoms with Gasteiger partial charge in [0.05, 0.1) is 6.42 Å². The van der Waals surface area contributed by atoms with Gasteiger partial charge in [0, 0.05) is 31.5 Å². The monoisotopic (exact) mass is 337 g/mol. The van der Waals surface area contributed by atoms with Crippen LogP contribution < -0.4 is 5.32 Å². The molecule has 2 heterocycles. The summed E-state index contributed by atoms with van der Waals surface area (Å²) < 4.78 is 0. The zero-order valence-corrected chi connectivity index (χ0v) is 15.2. The lowest BCUT2D eigenvalue weighted by Crippen LogP contribution is -2.32. The zero-order chi connectivity index (χ0) is 17.6. The molecule has 4 nitrogen and oxygen atoms in total. The van der Waals surface area contributed by atoms with Gasteiger partial charge in [-0.15, -0.1) is 0 Å². The van der Waals surface area contributed by atoms with Crippen molar-refractivity contribution in [3.63, 3.8) is 0 Å². The Balaban J connectivity index is 1.42. The maximum Gasteiger partial charge on any atom is 0.226 e. The first kappa shape index (κ1) is 17.6. The second kappa shape index (κ2) is 8.26. The summed E-state index contributed by atoms with van der Waals surface area (Å²) in [5.74, 6) is 0.602. The lowest BCUT2D eigenvalue weighted by atomic mass is 10.1. The van der Waals surface area contributed by atoms with E-state index >= 15 is 0 Å². The Hall–Kier alpha value is -2.20. The van der Waals surface area contributed by atoms with E-state index in [-0.39, 0.29) is 5.91 Å². The van der Waals surface area contributed by atoms with Crippen molar-refractivity contribution in [2.24, 2.45) is 5.92 Å². The number of aryl methyl sites for hydroxylation is 2. The van der Waals surface area contributed by atoms with Crippen molar-refractivity contribution in [3.05, 3.63) is 65.0 Å². The average molecular weight is 337 g/mol. The number of nitrogens with one attached hydrogen (secondary N) is 1. The third-order valence-corrected chi connectivity index (χ3v) is 5.00. The van der Waals surface area contributed by atoms with E-state index in [1.807, 2.05) is 18.2 Å². The summed E-state index contributed by atoms with van der Waals surface area (Å²) >= 11 is 0. The Morgan fingerprint density at radius 3 is 2.88 bits per heavy atom. The fourth-order valence-electron chi connectivity index (χ4n) is 3.37. The molecule has 0 unspecified atom stereocenters. The lowest BCUT2D eigenvalue weighted by Gasteiger charge is -2.17. The maximum atomic E-state index is 12.0. The highest BCUT2D eigenvalue weighted by Crippen LogP contribution is 2.19. The molecule has 1 fully saturated rings. The van der Waals surface area contributed by atoms with E-state index in [9.17, 15) is 4.79 Å². The third-order valence-electron chi connectivity index (χ3n) is 5.00. The first-order chi connectivity index (χ1) is 12.1. The molecule has 0 aliphatic carbocycles.